The summed E-state index contributed by atoms with van der Waals surface area (Å²) in [6.45, 7) is 5.58. The molecule has 2 heterocycles. The third kappa shape index (κ3) is 4.40. The van der Waals surface area contributed by atoms with Crippen LogP contribution in [0.1, 0.15) is 33.6 Å². The summed E-state index contributed by atoms with van der Waals surface area (Å²) in [6.07, 6.45) is 2.86. The molecule has 0 amide bonds. The molecule has 1 N–H and O–H groups in total. The van der Waals surface area contributed by atoms with Crippen LogP contribution in [0.5, 0.6) is 0 Å². The molecule has 3 atom stereocenters. The molecule has 26 heavy (non-hydrogen) atoms. The largest absolute Gasteiger partial charge is 0.459 e. The molecular weight excluding hydrogens is 338 g/mol. The van der Waals surface area contributed by atoms with Gasteiger partial charge in [0.1, 0.15) is 6.61 Å². The van der Waals surface area contributed by atoms with Gasteiger partial charge < -0.3 is 19.5 Å². The lowest BCUT2D eigenvalue weighted by molar-refractivity contribution is -0.169. The Balaban J connectivity index is 2.42. The number of hydrogen-bond acceptors (Lipinski definition) is 7. The van der Waals surface area contributed by atoms with Crippen LogP contribution in [0.25, 0.3) is 0 Å². The molecule has 0 aromatic carbocycles. The molecule has 2 aliphatic rings. The van der Waals surface area contributed by atoms with Crippen molar-refractivity contribution in [2.45, 2.75) is 45.3 Å². The summed E-state index contributed by atoms with van der Waals surface area (Å²) in [5.41, 5.74) is -1.19. The number of allylic oxidation sites excluding steroid dienone is 1. The van der Waals surface area contributed by atoms with Crippen LogP contribution in [0.2, 0.25) is 0 Å². The Morgan fingerprint density at radius 3 is 2.69 bits per heavy atom. The van der Waals surface area contributed by atoms with Crippen molar-refractivity contribution >= 4 is 17.7 Å². The number of hydrogen-bond donors (Lipinski definition) is 1. The summed E-state index contributed by atoms with van der Waals surface area (Å²) in [4.78, 5) is 39.7. The van der Waals surface area contributed by atoms with Crippen molar-refractivity contribution < 1.29 is 29.0 Å². The molecule has 2 aliphatic heterocycles. The lowest BCUT2D eigenvalue weighted by Crippen LogP contribution is -2.45. The lowest BCUT2D eigenvalue weighted by atomic mass is 9.85. The first-order valence-electron chi connectivity index (χ1n) is 8.84. The van der Waals surface area contributed by atoms with Crippen LogP contribution in [0.3, 0.4) is 0 Å². The van der Waals surface area contributed by atoms with Crippen molar-refractivity contribution in [3.8, 4) is 0 Å². The molecule has 0 unspecified atom stereocenters. The monoisotopic (exact) mass is 365 g/mol. The van der Waals surface area contributed by atoms with E-state index in [-0.39, 0.29) is 24.4 Å². The highest BCUT2D eigenvalue weighted by molar-refractivity contribution is 6.01. The second kappa shape index (κ2) is 8.14. The number of likely N-dealkylation sites (N-methyl/N-ethyl adjacent to an activating group) is 1. The smallest absolute Gasteiger partial charge is 0.338 e. The maximum Gasteiger partial charge on any atom is 0.338 e. The highest BCUT2D eigenvalue weighted by Crippen LogP contribution is 2.27. The fourth-order valence-corrected chi connectivity index (χ4v) is 2.92. The highest BCUT2D eigenvalue weighted by atomic mass is 16.6. The number of cyclic esters (lactones) is 1. The molecule has 0 aliphatic carbocycles. The minimum Gasteiger partial charge on any atom is -0.459 e. The van der Waals surface area contributed by atoms with E-state index in [2.05, 4.69) is 0 Å². The molecule has 2 bridgehead atoms. The number of rotatable bonds is 0. The van der Waals surface area contributed by atoms with Crippen molar-refractivity contribution in [1.82, 2.24) is 4.90 Å². The minimum absolute atomic E-state index is 0.140. The van der Waals surface area contributed by atoms with Gasteiger partial charge in [-0.2, -0.15) is 0 Å². The van der Waals surface area contributed by atoms with Crippen LogP contribution in [-0.2, 0) is 23.9 Å². The van der Waals surface area contributed by atoms with Gasteiger partial charge in [0.25, 0.3) is 0 Å². The Labute approximate surface area is 153 Å². The van der Waals surface area contributed by atoms with Gasteiger partial charge in [0.2, 0.25) is 5.78 Å². The Bertz CT molecular complexity index is 648. The molecule has 0 spiro atoms. The van der Waals surface area contributed by atoms with Gasteiger partial charge in [-0.05, 0) is 33.2 Å². The summed E-state index contributed by atoms with van der Waals surface area (Å²) in [5.74, 6) is -2.32. The zero-order chi connectivity index (χ0) is 19.5. The zero-order valence-corrected chi connectivity index (χ0v) is 15.8. The van der Waals surface area contributed by atoms with E-state index in [9.17, 15) is 19.5 Å². The zero-order valence-electron chi connectivity index (χ0n) is 15.8. The van der Waals surface area contributed by atoms with Crippen molar-refractivity contribution in [2.24, 2.45) is 5.92 Å². The SMILES string of the molecule is C/C=C1/C[C@@H](C)[C@@](C)(O)C(=O)OCC2=CCN(C)CC[C@@H](OC1=O)C2=O. The van der Waals surface area contributed by atoms with Gasteiger partial charge in [-0.3, -0.25) is 4.79 Å². The van der Waals surface area contributed by atoms with Crippen LogP contribution in [0, 0.1) is 5.92 Å². The standard InChI is InChI=1S/C19H27NO6/c1-5-13-10-12(2)19(3,24)18(23)25-11-14-6-8-20(4)9-7-15(16(14)21)26-17(13)22/h5-6,12,15,24H,7-11H2,1-4H3/b13-5-,14-6?/t12-,15-,19-/m1/s1. The maximum absolute atomic E-state index is 12.8. The van der Waals surface area contributed by atoms with Gasteiger partial charge in [0, 0.05) is 30.7 Å². The van der Waals surface area contributed by atoms with E-state index < -0.39 is 29.6 Å². The van der Waals surface area contributed by atoms with Crippen molar-refractivity contribution in [3.05, 3.63) is 23.3 Å². The first kappa shape index (κ1) is 20.3. The van der Waals surface area contributed by atoms with Gasteiger partial charge in [-0.1, -0.05) is 19.1 Å². The third-order valence-electron chi connectivity index (χ3n) is 5.15. The van der Waals surface area contributed by atoms with E-state index in [1.54, 1.807) is 26.0 Å². The highest BCUT2D eigenvalue weighted by Gasteiger charge is 2.40. The number of ether oxygens (including phenoxy) is 2. The lowest BCUT2D eigenvalue weighted by Gasteiger charge is -2.31. The fraction of sp³-hybridized carbons (Fsp3) is 0.632. The quantitative estimate of drug-likeness (QED) is 0.506. The Morgan fingerprint density at radius 1 is 1.35 bits per heavy atom. The van der Waals surface area contributed by atoms with Crippen molar-refractivity contribution in [3.63, 3.8) is 0 Å². The van der Waals surface area contributed by atoms with Gasteiger partial charge >= 0.3 is 11.9 Å². The normalized spacial score (nSPS) is 34.0. The predicted octanol–water partition coefficient (Wildman–Crippen LogP) is 1.01. The fourth-order valence-electron chi connectivity index (χ4n) is 2.92. The van der Waals surface area contributed by atoms with Gasteiger partial charge in [0.05, 0.1) is 0 Å². The second-order valence-electron chi connectivity index (χ2n) is 7.18. The number of esters is 2. The Hall–Kier alpha value is -1.99. The van der Waals surface area contributed by atoms with E-state index >= 15 is 0 Å². The van der Waals surface area contributed by atoms with Crippen LogP contribution in [-0.4, -0.2) is 66.2 Å². The summed E-state index contributed by atoms with van der Waals surface area (Å²) < 4.78 is 10.7. The van der Waals surface area contributed by atoms with Gasteiger partial charge in [-0.15, -0.1) is 0 Å². The van der Waals surface area contributed by atoms with Crippen LogP contribution >= 0.6 is 0 Å². The number of nitrogens with zero attached hydrogens (tertiary/aromatic N) is 1. The van der Waals surface area contributed by atoms with E-state index in [1.165, 1.54) is 6.92 Å². The van der Waals surface area contributed by atoms with Crippen molar-refractivity contribution in [1.29, 1.82) is 0 Å². The summed E-state index contributed by atoms with van der Waals surface area (Å²) in [7, 11) is 1.89. The summed E-state index contributed by atoms with van der Waals surface area (Å²) in [6, 6.07) is 0. The van der Waals surface area contributed by atoms with E-state index in [0.29, 0.717) is 25.1 Å². The van der Waals surface area contributed by atoms with E-state index in [0.717, 1.165) is 0 Å². The summed E-state index contributed by atoms with van der Waals surface area (Å²) in [5, 5.41) is 10.6. The Morgan fingerprint density at radius 2 is 2.04 bits per heavy atom. The molecule has 1 saturated heterocycles. The van der Waals surface area contributed by atoms with Gasteiger partial charge in [-0.25, -0.2) is 9.59 Å². The molecule has 7 nitrogen and oxygen atoms in total. The Kier molecular flexibility index (Phi) is 6.36. The predicted molar refractivity (Wildman–Crippen MR) is 94.2 cm³/mol. The second-order valence-corrected chi connectivity index (χ2v) is 7.18. The average molecular weight is 365 g/mol. The third-order valence-corrected chi connectivity index (χ3v) is 5.15. The number of carbonyl (C=O) groups excluding carboxylic acids is 3. The number of fused-ring (bicyclic) bond motifs is 2. The van der Waals surface area contributed by atoms with Crippen LogP contribution in [0.15, 0.2) is 23.3 Å². The molecular formula is C19H27NO6. The van der Waals surface area contributed by atoms with E-state index in [4.69, 9.17) is 9.47 Å². The molecule has 2 rings (SSSR count). The first-order valence-corrected chi connectivity index (χ1v) is 8.84. The molecule has 0 aromatic heterocycles. The number of ketones is 1. The van der Waals surface area contributed by atoms with Crippen LogP contribution < -0.4 is 0 Å². The number of aliphatic hydroxyl groups is 1. The van der Waals surface area contributed by atoms with Crippen molar-refractivity contribution in [2.75, 3.05) is 26.7 Å². The summed E-state index contributed by atoms with van der Waals surface area (Å²) >= 11 is 0. The van der Waals surface area contributed by atoms with Crippen LogP contribution in [0.4, 0.5) is 0 Å². The van der Waals surface area contributed by atoms with Gasteiger partial charge in [0.15, 0.2) is 11.7 Å². The minimum atomic E-state index is -1.78. The van der Waals surface area contributed by atoms with E-state index in [1.807, 2.05) is 11.9 Å². The molecule has 0 saturated carbocycles. The molecule has 144 valence electrons. The molecule has 0 radical (unpaired) electrons. The topological polar surface area (TPSA) is 93.1 Å². The molecule has 0 aromatic rings. The number of Topliss-reactive ketones (excluding diaryl/α,β-unsaturated/α-hetero) is 1. The molecule has 7 heteroatoms. The maximum atomic E-state index is 12.8. The average Bonchev–Trinajstić information content (AvgIpc) is 2.59. The first-order chi connectivity index (χ1) is 12.2. The number of carbonyl (C=O) groups is 3. The molecule has 1 fully saturated rings.